The molecule has 2 aromatic heterocycles. The van der Waals surface area contributed by atoms with Gasteiger partial charge in [0, 0.05) is 23.4 Å². The van der Waals surface area contributed by atoms with Crippen LogP contribution < -0.4 is 5.32 Å². The molecule has 2 aromatic rings. The van der Waals surface area contributed by atoms with Gasteiger partial charge in [-0.2, -0.15) is 5.10 Å². The molecule has 0 aromatic carbocycles. The van der Waals surface area contributed by atoms with Gasteiger partial charge in [0.25, 0.3) is 0 Å². The van der Waals surface area contributed by atoms with Crippen LogP contribution in [0, 0.1) is 0 Å². The monoisotopic (exact) mass is 338 g/mol. The second-order valence-electron chi connectivity index (χ2n) is 7.63. The lowest BCUT2D eigenvalue weighted by molar-refractivity contribution is -0.125. The van der Waals surface area contributed by atoms with Crippen LogP contribution in [0.5, 0.6) is 0 Å². The molecule has 0 saturated carbocycles. The first-order chi connectivity index (χ1) is 12.0. The van der Waals surface area contributed by atoms with Crippen molar-refractivity contribution < 1.29 is 9.90 Å². The molecule has 7 heteroatoms. The first-order valence-electron chi connectivity index (χ1n) is 8.87. The van der Waals surface area contributed by atoms with Crippen LogP contribution >= 0.6 is 0 Å². The summed E-state index contributed by atoms with van der Waals surface area (Å²) in [7, 11) is 2.29. The Balaban J connectivity index is 1.63. The van der Waals surface area contributed by atoms with Gasteiger partial charge in [0.2, 0.25) is 5.91 Å². The molecule has 0 spiro atoms. The third-order valence-electron chi connectivity index (χ3n) is 5.32. The zero-order valence-corrected chi connectivity index (χ0v) is 14.6. The number of carbonyl (C=O) groups is 1. The number of aromatic amines is 2. The molecule has 2 atom stereocenters. The number of aryl methyl sites for hydroxylation is 1. The molecule has 0 saturated heterocycles. The molecule has 6 nitrogen and oxygen atoms in total. The van der Waals surface area contributed by atoms with Crippen molar-refractivity contribution >= 4 is 19.8 Å². The predicted molar refractivity (Wildman–Crippen MR) is 99.1 cm³/mol. The van der Waals surface area contributed by atoms with E-state index in [0.29, 0.717) is 12.2 Å². The van der Waals surface area contributed by atoms with E-state index < -0.39 is 12.1 Å². The van der Waals surface area contributed by atoms with E-state index in [1.807, 2.05) is 19.1 Å². The Morgan fingerprint density at radius 1 is 1.52 bits per heavy atom. The summed E-state index contributed by atoms with van der Waals surface area (Å²) in [5.41, 5.74) is 6.36. The molecule has 0 bridgehead atoms. The second kappa shape index (κ2) is 5.91. The van der Waals surface area contributed by atoms with E-state index in [-0.39, 0.29) is 5.91 Å². The van der Waals surface area contributed by atoms with Crippen molar-refractivity contribution in [1.29, 1.82) is 0 Å². The van der Waals surface area contributed by atoms with Crippen molar-refractivity contribution in [2.75, 3.05) is 6.61 Å². The van der Waals surface area contributed by atoms with Gasteiger partial charge in [-0.25, -0.2) is 0 Å². The maximum absolute atomic E-state index is 11.6. The van der Waals surface area contributed by atoms with Crippen LogP contribution in [0.1, 0.15) is 35.9 Å². The van der Waals surface area contributed by atoms with Gasteiger partial charge < -0.3 is 15.4 Å². The Labute approximate surface area is 147 Å². The fraction of sp³-hybridized carbons (Fsp3) is 0.444. The van der Waals surface area contributed by atoms with E-state index in [9.17, 15) is 4.79 Å². The van der Waals surface area contributed by atoms with Crippen molar-refractivity contribution in [1.82, 2.24) is 20.5 Å². The number of aliphatic hydroxyl groups excluding tert-OH is 1. The maximum Gasteiger partial charge on any atom is 0.246 e. The fourth-order valence-electron chi connectivity index (χ4n) is 3.97. The van der Waals surface area contributed by atoms with Crippen molar-refractivity contribution in [3.8, 4) is 11.4 Å². The standard InChI is InChI=1S/C18H23BN4O2/c1-18(21-16(25)9-24)5-4-10-6-14(20-15(10)8-18)17-12-7-11(19)2-3-13(12)22-23-17/h4-6,11,20,24H,2-3,7-9,19H2,1H3,(H,21,25)(H,22,23). The lowest BCUT2D eigenvalue weighted by Gasteiger charge is -2.29. The summed E-state index contributed by atoms with van der Waals surface area (Å²) >= 11 is 0. The van der Waals surface area contributed by atoms with Crippen LogP contribution in [0.3, 0.4) is 0 Å². The number of amides is 1. The molecule has 2 heterocycles. The molecule has 0 radical (unpaired) electrons. The third kappa shape index (κ3) is 2.93. The summed E-state index contributed by atoms with van der Waals surface area (Å²) < 4.78 is 0. The average Bonchev–Trinajstić information content (AvgIpc) is 3.16. The average molecular weight is 338 g/mol. The van der Waals surface area contributed by atoms with E-state index in [0.717, 1.165) is 35.5 Å². The van der Waals surface area contributed by atoms with Crippen molar-refractivity contribution in [2.24, 2.45) is 0 Å². The Hall–Kier alpha value is -2.28. The number of nitrogens with one attached hydrogen (secondary N) is 3. The van der Waals surface area contributed by atoms with Gasteiger partial charge in [-0.05, 0) is 31.4 Å². The van der Waals surface area contributed by atoms with Crippen molar-refractivity contribution in [3.05, 3.63) is 34.7 Å². The molecule has 0 fully saturated rings. The van der Waals surface area contributed by atoms with Gasteiger partial charge in [-0.15, -0.1) is 0 Å². The van der Waals surface area contributed by atoms with Crippen LogP contribution in [-0.4, -0.2) is 46.2 Å². The Morgan fingerprint density at radius 3 is 3.16 bits per heavy atom. The van der Waals surface area contributed by atoms with E-state index >= 15 is 0 Å². The summed E-state index contributed by atoms with van der Waals surface area (Å²) in [6.45, 7) is 1.46. The van der Waals surface area contributed by atoms with Crippen LogP contribution in [0.2, 0.25) is 5.82 Å². The number of aliphatic hydroxyl groups is 1. The minimum absolute atomic E-state index is 0.363. The molecule has 4 N–H and O–H groups in total. The van der Waals surface area contributed by atoms with Gasteiger partial charge in [-0.3, -0.25) is 9.89 Å². The molecule has 1 amide bonds. The molecule has 2 aliphatic rings. The summed E-state index contributed by atoms with van der Waals surface area (Å²) in [5.74, 6) is 0.322. The molecule has 130 valence electrons. The summed E-state index contributed by atoms with van der Waals surface area (Å²) in [5, 5.41) is 19.6. The van der Waals surface area contributed by atoms with Crippen molar-refractivity contribution in [2.45, 2.75) is 44.0 Å². The summed E-state index contributed by atoms with van der Waals surface area (Å²) in [6.07, 6.45) is 8.01. The summed E-state index contributed by atoms with van der Waals surface area (Å²) in [4.78, 5) is 15.1. The number of rotatable bonds is 3. The number of H-pyrrole nitrogens is 2. The number of hydrogen-bond acceptors (Lipinski definition) is 3. The van der Waals surface area contributed by atoms with Crippen molar-refractivity contribution in [3.63, 3.8) is 0 Å². The van der Waals surface area contributed by atoms with E-state index in [1.54, 1.807) is 0 Å². The molecule has 25 heavy (non-hydrogen) atoms. The van der Waals surface area contributed by atoms with E-state index in [2.05, 4.69) is 34.4 Å². The highest BCUT2D eigenvalue weighted by Crippen LogP contribution is 2.35. The highest BCUT2D eigenvalue weighted by atomic mass is 16.3. The van der Waals surface area contributed by atoms with Gasteiger partial charge in [-0.1, -0.05) is 24.4 Å². The smallest absolute Gasteiger partial charge is 0.246 e. The second-order valence-corrected chi connectivity index (χ2v) is 7.63. The minimum atomic E-state index is -0.496. The van der Waals surface area contributed by atoms with E-state index in [4.69, 9.17) is 5.11 Å². The molecular weight excluding hydrogens is 315 g/mol. The Bertz CT molecular complexity index is 853. The zero-order chi connectivity index (χ0) is 17.6. The van der Waals surface area contributed by atoms with E-state index in [1.165, 1.54) is 17.7 Å². The SMILES string of the molecule is BC1CCc2[nH]nc(-c3cc4c([nH]3)CC(C)(NC(=O)CO)C=C4)c2C1. The topological polar surface area (TPSA) is 93.8 Å². The fourth-order valence-corrected chi connectivity index (χ4v) is 3.97. The number of hydrogen-bond donors (Lipinski definition) is 4. The molecule has 4 rings (SSSR count). The van der Waals surface area contributed by atoms with Gasteiger partial charge in [0.15, 0.2) is 0 Å². The normalized spacial score (nSPS) is 24.6. The zero-order valence-electron chi connectivity index (χ0n) is 14.6. The first kappa shape index (κ1) is 16.2. The van der Waals surface area contributed by atoms with Gasteiger partial charge >= 0.3 is 0 Å². The molecule has 2 unspecified atom stereocenters. The van der Waals surface area contributed by atoms with Crippen LogP contribution in [0.15, 0.2) is 12.1 Å². The number of carbonyl (C=O) groups excluding carboxylic acids is 1. The number of aromatic nitrogens is 3. The Kier molecular flexibility index (Phi) is 3.83. The quantitative estimate of drug-likeness (QED) is 0.622. The van der Waals surface area contributed by atoms with Crippen LogP contribution in [0.25, 0.3) is 17.5 Å². The number of nitrogens with zero attached hydrogens (tertiary/aromatic N) is 1. The largest absolute Gasteiger partial charge is 0.387 e. The molecule has 0 aliphatic heterocycles. The molecule has 2 aliphatic carbocycles. The van der Waals surface area contributed by atoms with Gasteiger partial charge in [0.05, 0.1) is 11.2 Å². The maximum atomic E-state index is 11.6. The lowest BCUT2D eigenvalue weighted by Crippen LogP contribution is -2.48. The lowest BCUT2D eigenvalue weighted by atomic mass is 9.74. The predicted octanol–water partition coefficient (Wildman–Crippen LogP) is 0.752. The minimum Gasteiger partial charge on any atom is -0.387 e. The number of fused-ring (bicyclic) bond motifs is 2. The Morgan fingerprint density at radius 2 is 2.36 bits per heavy atom. The van der Waals surface area contributed by atoms with Crippen LogP contribution in [-0.2, 0) is 24.1 Å². The van der Waals surface area contributed by atoms with Gasteiger partial charge in [0.1, 0.15) is 20.1 Å². The highest BCUT2D eigenvalue weighted by Gasteiger charge is 2.30. The first-order valence-corrected chi connectivity index (χ1v) is 8.87. The van der Waals surface area contributed by atoms with Crippen LogP contribution in [0.4, 0.5) is 0 Å². The highest BCUT2D eigenvalue weighted by molar-refractivity contribution is 6.12. The summed E-state index contributed by atoms with van der Waals surface area (Å²) in [6, 6.07) is 2.13. The molecular formula is C18H23BN4O2. The third-order valence-corrected chi connectivity index (χ3v) is 5.32.